The van der Waals surface area contributed by atoms with Crippen LogP contribution in [0.3, 0.4) is 0 Å². The summed E-state index contributed by atoms with van der Waals surface area (Å²) in [4.78, 5) is 28.7. The highest BCUT2D eigenvalue weighted by atomic mass is 32.2. The van der Waals surface area contributed by atoms with Crippen molar-refractivity contribution in [3.63, 3.8) is 0 Å². The molecule has 0 bridgehead atoms. The molecule has 0 fully saturated rings. The van der Waals surface area contributed by atoms with Gasteiger partial charge in [0.1, 0.15) is 11.1 Å². The summed E-state index contributed by atoms with van der Waals surface area (Å²) in [6.45, 7) is 7.18. The second-order valence-corrected chi connectivity index (χ2v) is 7.41. The molecule has 1 unspecified atom stereocenters. The quantitative estimate of drug-likeness (QED) is 0.744. The Balaban J connectivity index is 2.05. The van der Waals surface area contributed by atoms with Gasteiger partial charge >= 0.3 is 0 Å². The fourth-order valence-electron chi connectivity index (χ4n) is 2.66. The molecule has 1 N–H and O–H groups in total. The standard InChI is InChI=1S/C21H23N3O2S/c1-13-14(2)18(11-22)21(23-15(13)3)27-12-20(26)24-19(16(4)25)10-17-8-6-5-7-9-17/h5-9,19H,10,12H2,1-4H3,(H,24,26). The second-order valence-electron chi connectivity index (χ2n) is 6.45. The molecule has 0 saturated heterocycles. The summed E-state index contributed by atoms with van der Waals surface area (Å²) in [5, 5.41) is 12.8. The van der Waals surface area contributed by atoms with Gasteiger partial charge in [-0.15, -0.1) is 0 Å². The second kappa shape index (κ2) is 9.33. The van der Waals surface area contributed by atoms with Crippen LogP contribution in [0.2, 0.25) is 0 Å². The molecule has 1 atom stereocenters. The summed E-state index contributed by atoms with van der Waals surface area (Å²) in [6.07, 6.45) is 0.455. The Bertz CT molecular complexity index is 889. The molecule has 2 aromatic rings. The van der Waals surface area contributed by atoms with E-state index in [1.54, 1.807) is 0 Å². The lowest BCUT2D eigenvalue weighted by molar-refractivity contribution is -0.125. The molecule has 0 spiro atoms. The summed E-state index contributed by atoms with van der Waals surface area (Å²) in [7, 11) is 0. The van der Waals surface area contributed by atoms with E-state index >= 15 is 0 Å². The molecular formula is C21H23N3O2S. The van der Waals surface area contributed by atoms with Gasteiger partial charge in [0.15, 0.2) is 5.78 Å². The van der Waals surface area contributed by atoms with Gasteiger partial charge in [-0.2, -0.15) is 5.26 Å². The van der Waals surface area contributed by atoms with Crippen LogP contribution in [0.5, 0.6) is 0 Å². The SMILES string of the molecule is CC(=O)C(Cc1ccccc1)NC(=O)CSc1nc(C)c(C)c(C)c1C#N. The molecule has 27 heavy (non-hydrogen) atoms. The Kier molecular flexibility index (Phi) is 7.14. The van der Waals surface area contributed by atoms with Crippen molar-refractivity contribution < 1.29 is 9.59 Å². The summed E-state index contributed by atoms with van der Waals surface area (Å²) in [6, 6.07) is 11.2. The van der Waals surface area contributed by atoms with E-state index in [2.05, 4.69) is 16.4 Å². The average Bonchev–Trinajstić information content (AvgIpc) is 2.64. The van der Waals surface area contributed by atoms with Crippen molar-refractivity contribution in [2.24, 2.45) is 0 Å². The number of carbonyl (C=O) groups is 2. The highest BCUT2D eigenvalue weighted by molar-refractivity contribution is 8.00. The molecule has 6 heteroatoms. The van der Waals surface area contributed by atoms with E-state index in [0.29, 0.717) is 17.0 Å². The fourth-order valence-corrected chi connectivity index (χ4v) is 3.56. The van der Waals surface area contributed by atoms with E-state index < -0.39 is 6.04 Å². The lowest BCUT2D eigenvalue weighted by atomic mass is 10.0. The number of hydrogen-bond donors (Lipinski definition) is 1. The lowest BCUT2D eigenvalue weighted by Gasteiger charge is -2.16. The van der Waals surface area contributed by atoms with Gasteiger partial charge in [-0.1, -0.05) is 42.1 Å². The smallest absolute Gasteiger partial charge is 0.231 e. The molecule has 1 amide bonds. The van der Waals surface area contributed by atoms with Crippen LogP contribution in [0.1, 0.15) is 34.9 Å². The van der Waals surface area contributed by atoms with Crippen molar-refractivity contribution in [3.05, 3.63) is 58.3 Å². The van der Waals surface area contributed by atoms with Gasteiger partial charge in [-0.05, 0) is 50.8 Å². The predicted octanol–water partition coefficient (Wildman–Crippen LogP) is 3.29. The predicted molar refractivity (Wildman–Crippen MR) is 107 cm³/mol. The van der Waals surface area contributed by atoms with E-state index in [0.717, 1.165) is 22.4 Å². The van der Waals surface area contributed by atoms with Gasteiger partial charge < -0.3 is 5.32 Å². The summed E-state index contributed by atoms with van der Waals surface area (Å²) in [5.41, 5.74) is 4.21. The van der Waals surface area contributed by atoms with Crippen LogP contribution in [-0.2, 0) is 16.0 Å². The Hall–Kier alpha value is -2.65. The van der Waals surface area contributed by atoms with Gasteiger partial charge in [0.2, 0.25) is 5.91 Å². The molecule has 0 aliphatic carbocycles. The number of thioether (sulfide) groups is 1. The van der Waals surface area contributed by atoms with E-state index in [1.807, 2.05) is 51.1 Å². The van der Waals surface area contributed by atoms with Crippen molar-refractivity contribution in [1.82, 2.24) is 10.3 Å². The highest BCUT2D eigenvalue weighted by Gasteiger charge is 2.19. The number of pyridine rings is 1. The minimum atomic E-state index is -0.564. The molecule has 1 heterocycles. The van der Waals surface area contributed by atoms with Gasteiger partial charge in [-0.25, -0.2) is 4.98 Å². The van der Waals surface area contributed by atoms with Crippen LogP contribution >= 0.6 is 11.8 Å². The third-order valence-electron chi connectivity index (χ3n) is 4.52. The van der Waals surface area contributed by atoms with Crippen LogP contribution in [0, 0.1) is 32.1 Å². The Morgan fingerprint density at radius 2 is 1.85 bits per heavy atom. The number of benzene rings is 1. The Morgan fingerprint density at radius 1 is 1.19 bits per heavy atom. The molecular weight excluding hydrogens is 358 g/mol. The summed E-state index contributed by atoms with van der Waals surface area (Å²) in [5.74, 6) is -0.241. The van der Waals surface area contributed by atoms with Crippen molar-refractivity contribution in [3.8, 4) is 6.07 Å². The number of amides is 1. The molecule has 140 valence electrons. The number of carbonyl (C=O) groups excluding carboxylic acids is 2. The first-order valence-corrected chi connectivity index (χ1v) is 9.66. The van der Waals surface area contributed by atoms with Crippen molar-refractivity contribution >= 4 is 23.5 Å². The van der Waals surface area contributed by atoms with Gasteiger partial charge in [-0.3, -0.25) is 9.59 Å². The Morgan fingerprint density at radius 3 is 2.44 bits per heavy atom. The van der Waals surface area contributed by atoms with Crippen LogP contribution in [-0.4, -0.2) is 28.5 Å². The number of rotatable bonds is 7. The van der Waals surface area contributed by atoms with Crippen LogP contribution < -0.4 is 5.32 Å². The Labute approximate surface area is 164 Å². The zero-order valence-electron chi connectivity index (χ0n) is 16.0. The van der Waals surface area contributed by atoms with Crippen molar-refractivity contribution in [2.75, 3.05) is 5.75 Å². The maximum atomic E-state index is 12.4. The van der Waals surface area contributed by atoms with Gasteiger partial charge in [0, 0.05) is 5.69 Å². The molecule has 1 aromatic heterocycles. The highest BCUT2D eigenvalue weighted by Crippen LogP contribution is 2.26. The van der Waals surface area contributed by atoms with E-state index in [4.69, 9.17) is 0 Å². The average molecular weight is 382 g/mol. The molecule has 0 aliphatic rings. The van der Waals surface area contributed by atoms with E-state index in [9.17, 15) is 14.9 Å². The van der Waals surface area contributed by atoms with Crippen molar-refractivity contribution in [2.45, 2.75) is 45.2 Å². The number of Topliss-reactive ketones (excluding diaryl/α,β-unsaturated/α-hetero) is 1. The number of nitriles is 1. The first kappa shape index (κ1) is 20.7. The minimum Gasteiger partial charge on any atom is -0.345 e. The first-order chi connectivity index (χ1) is 12.8. The largest absolute Gasteiger partial charge is 0.345 e. The normalized spacial score (nSPS) is 11.5. The zero-order valence-corrected chi connectivity index (χ0v) is 16.8. The maximum Gasteiger partial charge on any atom is 0.231 e. The topological polar surface area (TPSA) is 82.8 Å². The summed E-state index contributed by atoms with van der Waals surface area (Å²) >= 11 is 1.22. The van der Waals surface area contributed by atoms with Crippen LogP contribution in [0.4, 0.5) is 0 Å². The number of ketones is 1. The molecule has 5 nitrogen and oxygen atoms in total. The first-order valence-electron chi connectivity index (χ1n) is 8.68. The molecule has 1 aromatic carbocycles. The number of aromatic nitrogens is 1. The van der Waals surface area contributed by atoms with Gasteiger partial charge in [0.25, 0.3) is 0 Å². The number of nitrogens with one attached hydrogen (secondary N) is 1. The maximum absolute atomic E-state index is 12.4. The van der Waals surface area contributed by atoms with Crippen LogP contribution in [0.25, 0.3) is 0 Å². The molecule has 0 aliphatic heterocycles. The summed E-state index contributed by atoms with van der Waals surface area (Å²) < 4.78 is 0. The molecule has 0 radical (unpaired) electrons. The lowest BCUT2D eigenvalue weighted by Crippen LogP contribution is -2.42. The van der Waals surface area contributed by atoms with E-state index in [-0.39, 0.29) is 17.4 Å². The molecule has 0 saturated carbocycles. The minimum absolute atomic E-state index is 0.0879. The fraction of sp³-hybridized carbons (Fsp3) is 0.333. The third-order valence-corrected chi connectivity index (χ3v) is 5.50. The van der Waals surface area contributed by atoms with Crippen molar-refractivity contribution in [1.29, 1.82) is 5.26 Å². The number of nitrogens with zero attached hydrogens (tertiary/aromatic N) is 2. The monoisotopic (exact) mass is 381 g/mol. The third kappa shape index (κ3) is 5.41. The number of aryl methyl sites for hydroxylation is 1. The van der Waals surface area contributed by atoms with E-state index in [1.165, 1.54) is 18.7 Å². The van der Waals surface area contributed by atoms with Crippen LogP contribution in [0.15, 0.2) is 35.4 Å². The number of hydrogen-bond acceptors (Lipinski definition) is 5. The molecule has 2 rings (SSSR count). The van der Waals surface area contributed by atoms with Gasteiger partial charge in [0.05, 0.1) is 17.4 Å². The zero-order chi connectivity index (χ0) is 20.0.